The molecule has 0 atom stereocenters. The Balaban J connectivity index is 1.65. The molecule has 0 unspecified atom stereocenters. The van der Waals surface area contributed by atoms with Gasteiger partial charge < -0.3 is 4.74 Å². The van der Waals surface area contributed by atoms with E-state index in [-0.39, 0.29) is 25.2 Å². The second-order valence-corrected chi connectivity index (χ2v) is 6.00. The number of hydrogen-bond acceptors (Lipinski definition) is 5. The highest BCUT2D eigenvalue weighted by Gasteiger charge is 2.11. The van der Waals surface area contributed by atoms with Gasteiger partial charge in [0, 0.05) is 12.8 Å². The van der Waals surface area contributed by atoms with E-state index in [9.17, 15) is 14.4 Å². The van der Waals surface area contributed by atoms with E-state index in [0.717, 1.165) is 5.56 Å². The van der Waals surface area contributed by atoms with Crippen LogP contribution in [0, 0.1) is 6.92 Å². The summed E-state index contributed by atoms with van der Waals surface area (Å²) in [6, 6.07) is 10.8. The van der Waals surface area contributed by atoms with Gasteiger partial charge in [-0.25, -0.2) is 0 Å². The van der Waals surface area contributed by atoms with Crippen molar-refractivity contribution in [2.75, 3.05) is 6.61 Å². The van der Waals surface area contributed by atoms with Gasteiger partial charge in [-0.15, -0.1) is 11.3 Å². The Morgan fingerprint density at radius 3 is 2.46 bits per heavy atom. The molecule has 0 spiro atoms. The first-order valence-corrected chi connectivity index (χ1v) is 8.27. The molecule has 7 heteroatoms. The molecule has 2 rings (SSSR count). The maximum Gasteiger partial charge on any atom is 0.276 e. The summed E-state index contributed by atoms with van der Waals surface area (Å²) in [5, 5.41) is 1.81. The highest BCUT2D eigenvalue weighted by molar-refractivity contribution is 7.12. The van der Waals surface area contributed by atoms with Crippen LogP contribution in [0.2, 0.25) is 0 Å². The fourth-order valence-corrected chi connectivity index (χ4v) is 2.58. The van der Waals surface area contributed by atoms with Crippen molar-refractivity contribution in [1.29, 1.82) is 0 Å². The predicted molar refractivity (Wildman–Crippen MR) is 90.8 cm³/mol. The topological polar surface area (TPSA) is 84.5 Å². The predicted octanol–water partition coefficient (Wildman–Crippen LogP) is 2.25. The number of Topliss-reactive ketones (excluding diaryl/α,β-unsaturated/α-hetero) is 1. The number of ketones is 1. The molecule has 6 nitrogen and oxygen atoms in total. The second-order valence-electron chi connectivity index (χ2n) is 5.05. The maximum absolute atomic E-state index is 11.8. The zero-order valence-corrected chi connectivity index (χ0v) is 14.0. The van der Waals surface area contributed by atoms with E-state index in [1.54, 1.807) is 18.2 Å². The Labute approximate surface area is 143 Å². The lowest BCUT2D eigenvalue weighted by molar-refractivity contribution is -0.130. The van der Waals surface area contributed by atoms with E-state index >= 15 is 0 Å². The molecule has 2 aromatic rings. The molecule has 1 heterocycles. The lowest BCUT2D eigenvalue weighted by atomic mass is 10.2. The zero-order valence-electron chi connectivity index (χ0n) is 13.2. The fourth-order valence-electron chi connectivity index (χ4n) is 1.89. The van der Waals surface area contributed by atoms with E-state index in [2.05, 4.69) is 10.9 Å². The summed E-state index contributed by atoms with van der Waals surface area (Å²) < 4.78 is 5.36. The van der Waals surface area contributed by atoms with Crippen LogP contribution >= 0.6 is 11.3 Å². The van der Waals surface area contributed by atoms with Crippen LogP contribution in [0.1, 0.15) is 28.1 Å². The minimum absolute atomic E-state index is 0.00959. The molecule has 2 N–H and O–H groups in total. The van der Waals surface area contributed by atoms with E-state index in [1.807, 2.05) is 30.5 Å². The van der Waals surface area contributed by atoms with Crippen LogP contribution < -0.4 is 15.6 Å². The number of nitrogens with one attached hydrogen (secondary N) is 2. The van der Waals surface area contributed by atoms with Crippen molar-refractivity contribution in [3.63, 3.8) is 0 Å². The van der Waals surface area contributed by atoms with Crippen molar-refractivity contribution < 1.29 is 19.1 Å². The molecule has 24 heavy (non-hydrogen) atoms. The standard InChI is InChI=1S/C17H18N2O4S/c1-12-5-2-3-6-14(12)23-11-17(22)19-18-16(21)9-8-13(20)15-7-4-10-24-15/h2-7,10H,8-9,11H2,1H3,(H,18,21)(H,19,22). The first-order valence-electron chi connectivity index (χ1n) is 7.39. The first kappa shape index (κ1) is 17.7. The largest absolute Gasteiger partial charge is 0.483 e. The van der Waals surface area contributed by atoms with Crippen LogP contribution in [-0.2, 0) is 9.59 Å². The van der Waals surface area contributed by atoms with Crippen LogP contribution in [0.15, 0.2) is 41.8 Å². The number of aryl methyl sites for hydroxylation is 1. The van der Waals surface area contributed by atoms with Crippen LogP contribution in [0.4, 0.5) is 0 Å². The molecule has 0 saturated heterocycles. The summed E-state index contributed by atoms with van der Waals surface area (Å²) >= 11 is 1.34. The number of amides is 2. The molecule has 1 aromatic heterocycles. The number of para-hydroxylation sites is 1. The average Bonchev–Trinajstić information content (AvgIpc) is 3.11. The average molecular weight is 346 g/mol. The molecular weight excluding hydrogens is 328 g/mol. The third-order valence-corrected chi connectivity index (χ3v) is 4.08. The van der Waals surface area contributed by atoms with E-state index in [1.165, 1.54) is 11.3 Å². The molecular formula is C17H18N2O4S. The number of benzene rings is 1. The number of carbonyl (C=O) groups excluding carboxylic acids is 3. The van der Waals surface area contributed by atoms with E-state index in [0.29, 0.717) is 10.6 Å². The van der Waals surface area contributed by atoms with Crippen molar-refractivity contribution in [1.82, 2.24) is 10.9 Å². The van der Waals surface area contributed by atoms with Gasteiger partial charge in [0.25, 0.3) is 5.91 Å². The van der Waals surface area contributed by atoms with Gasteiger partial charge in [0.2, 0.25) is 5.91 Å². The minimum atomic E-state index is -0.476. The number of rotatable bonds is 7. The molecule has 0 aliphatic carbocycles. The van der Waals surface area contributed by atoms with Gasteiger partial charge in [0.1, 0.15) is 5.75 Å². The lowest BCUT2D eigenvalue weighted by Gasteiger charge is -2.10. The third-order valence-electron chi connectivity index (χ3n) is 3.17. The van der Waals surface area contributed by atoms with Crippen molar-refractivity contribution in [2.45, 2.75) is 19.8 Å². The van der Waals surface area contributed by atoms with E-state index in [4.69, 9.17) is 4.74 Å². The second kappa shape index (κ2) is 8.83. The van der Waals surface area contributed by atoms with Gasteiger partial charge >= 0.3 is 0 Å². The molecule has 0 bridgehead atoms. The van der Waals surface area contributed by atoms with Gasteiger partial charge in [0.05, 0.1) is 4.88 Å². The number of ether oxygens (including phenoxy) is 1. The van der Waals surface area contributed by atoms with Crippen LogP contribution in [0.25, 0.3) is 0 Å². The summed E-state index contributed by atoms with van der Waals surface area (Å²) in [5.74, 6) is -0.379. The molecule has 0 saturated carbocycles. The van der Waals surface area contributed by atoms with Gasteiger partial charge in [0.15, 0.2) is 12.4 Å². The lowest BCUT2D eigenvalue weighted by Crippen LogP contribution is -2.43. The molecule has 0 aliphatic heterocycles. The van der Waals surface area contributed by atoms with Gasteiger partial charge in [-0.2, -0.15) is 0 Å². The first-order chi connectivity index (χ1) is 11.6. The zero-order chi connectivity index (χ0) is 17.4. The van der Waals surface area contributed by atoms with Crippen molar-refractivity contribution in [3.05, 3.63) is 52.2 Å². The summed E-state index contributed by atoms with van der Waals surface area (Å²) in [6.07, 6.45) is 0.109. The molecule has 2 amide bonds. The third kappa shape index (κ3) is 5.51. The minimum Gasteiger partial charge on any atom is -0.483 e. The van der Waals surface area contributed by atoms with Crippen LogP contribution in [-0.4, -0.2) is 24.2 Å². The smallest absolute Gasteiger partial charge is 0.276 e. The van der Waals surface area contributed by atoms with Gasteiger partial charge in [-0.3, -0.25) is 25.2 Å². The van der Waals surface area contributed by atoms with E-state index < -0.39 is 11.8 Å². The normalized spacial score (nSPS) is 10.0. The molecule has 0 radical (unpaired) electrons. The Hall–Kier alpha value is -2.67. The van der Waals surface area contributed by atoms with Gasteiger partial charge in [-0.05, 0) is 30.0 Å². The Morgan fingerprint density at radius 1 is 1.00 bits per heavy atom. The molecule has 1 aromatic carbocycles. The van der Waals surface area contributed by atoms with Crippen molar-refractivity contribution >= 4 is 28.9 Å². The monoisotopic (exact) mass is 346 g/mol. The Bertz CT molecular complexity index is 713. The fraction of sp³-hybridized carbons (Fsp3) is 0.235. The number of hydrogen-bond donors (Lipinski definition) is 2. The maximum atomic E-state index is 11.8. The van der Waals surface area contributed by atoms with Crippen LogP contribution in [0.3, 0.4) is 0 Å². The SMILES string of the molecule is Cc1ccccc1OCC(=O)NNC(=O)CCC(=O)c1cccs1. The molecule has 0 aliphatic rings. The summed E-state index contributed by atoms with van der Waals surface area (Å²) in [4.78, 5) is 35.7. The summed E-state index contributed by atoms with van der Waals surface area (Å²) in [6.45, 7) is 1.67. The van der Waals surface area contributed by atoms with Crippen molar-refractivity contribution in [3.8, 4) is 5.75 Å². The van der Waals surface area contributed by atoms with Crippen molar-refractivity contribution in [2.24, 2.45) is 0 Å². The summed E-state index contributed by atoms with van der Waals surface area (Å²) in [5.41, 5.74) is 5.44. The van der Waals surface area contributed by atoms with Crippen LogP contribution in [0.5, 0.6) is 5.75 Å². The molecule has 126 valence electrons. The highest BCUT2D eigenvalue weighted by Crippen LogP contribution is 2.15. The Morgan fingerprint density at radius 2 is 1.75 bits per heavy atom. The Kier molecular flexibility index (Phi) is 6.51. The molecule has 0 fully saturated rings. The highest BCUT2D eigenvalue weighted by atomic mass is 32.1. The number of hydrazine groups is 1. The number of carbonyl (C=O) groups is 3. The number of thiophene rings is 1. The van der Waals surface area contributed by atoms with Gasteiger partial charge in [-0.1, -0.05) is 24.3 Å². The summed E-state index contributed by atoms with van der Waals surface area (Å²) in [7, 11) is 0. The quantitative estimate of drug-likeness (QED) is 0.595.